The molecule has 0 radical (unpaired) electrons. The van der Waals surface area contributed by atoms with Gasteiger partial charge in [0.1, 0.15) is 6.04 Å². The first kappa shape index (κ1) is 16.9. The topological polar surface area (TPSA) is 75.9 Å². The van der Waals surface area contributed by atoms with Crippen molar-refractivity contribution in [3.05, 3.63) is 0 Å². The van der Waals surface area contributed by atoms with Crippen LogP contribution in [0, 0.1) is 0 Å². The number of nitrogens with zero attached hydrogens (tertiary/aromatic N) is 2. The number of esters is 1. The van der Waals surface area contributed by atoms with E-state index in [4.69, 9.17) is 10.5 Å². The molecule has 6 heteroatoms. The van der Waals surface area contributed by atoms with E-state index in [1.807, 2.05) is 6.92 Å². The Kier molecular flexibility index (Phi) is 7.54. The highest BCUT2D eigenvalue weighted by Gasteiger charge is 2.31. The summed E-state index contributed by atoms with van der Waals surface area (Å²) >= 11 is 0. The average molecular weight is 285 g/mol. The van der Waals surface area contributed by atoms with Gasteiger partial charge >= 0.3 is 5.97 Å². The molecule has 1 unspecified atom stereocenters. The van der Waals surface area contributed by atoms with E-state index in [0.29, 0.717) is 32.7 Å². The first-order chi connectivity index (χ1) is 9.60. The molecule has 0 aromatic carbocycles. The molecule has 1 saturated heterocycles. The Morgan fingerprint density at radius 2 is 2.20 bits per heavy atom. The number of hydrogen-bond donors (Lipinski definition) is 1. The SMILES string of the molecule is CCOC(=O)C1CCCN1CCC(=O)N(C)CCCN. The van der Waals surface area contributed by atoms with Crippen LogP contribution in [-0.2, 0) is 14.3 Å². The van der Waals surface area contributed by atoms with Gasteiger partial charge in [-0.3, -0.25) is 14.5 Å². The number of likely N-dealkylation sites (tertiary alicyclic amines) is 1. The van der Waals surface area contributed by atoms with Crippen LogP contribution in [0.25, 0.3) is 0 Å². The van der Waals surface area contributed by atoms with Gasteiger partial charge in [0.2, 0.25) is 5.91 Å². The van der Waals surface area contributed by atoms with E-state index in [9.17, 15) is 9.59 Å². The van der Waals surface area contributed by atoms with Crippen LogP contribution in [-0.4, -0.2) is 67.6 Å². The molecule has 0 aliphatic carbocycles. The Bertz CT molecular complexity index is 323. The monoisotopic (exact) mass is 285 g/mol. The molecule has 0 bridgehead atoms. The lowest BCUT2D eigenvalue weighted by molar-refractivity contribution is -0.148. The Morgan fingerprint density at radius 1 is 1.45 bits per heavy atom. The maximum Gasteiger partial charge on any atom is 0.323 e. The van der Waals surface area contributed by atoms with Gasteiger partial charge in [0, 0.05) is 26.6 Å². The summed E-state index contributed by atoms with van der Waals surface area (Å²) < 4.78 is 5.07. The highest BCUT2D eigenvalue weighted by atomic mass is 16.5. The number of ether oxygens (including phenoxy) is 1. The van der Waals surface area contributed by atoms with Crippen LogP contribution in [0.4, 0.5) is 0 Å². The van der Waals surface area contributed by atoms with Crippen LogP contribution in [0.3, 0.4) is 0 Å². The molecule has 116 valence electrons. The fourth-order valence-corrected chi connectivity index (χ4v) is 2.48. The Morgan fingerprint density at radius 3 is 2.85 bits per heavy atom. The molecule has 0 aromatic rings. The largest absolute Gasteiger partial charge is 0.465 e. The van der Waals surface area contributed by atoms with Crippen molar-refractivity contribution in [2.45, 2.75) is 38.6 Å². The van der Waals surface area contributed by atoms with Crippen molar-refractivity contribution in [3.8, 4) is 0 Å². The summed E-state index contributed by atoms with van der Waals surface area (Å²) in [6, 6.07) is -0.169. The zero-order valence-corrected chi connectivity index (χ0v) is 12.6. The van der Waals surface area contributed by atoms with E-state index in [-0.39, 0.29) is 17.9 Å². The van der Waals surface area contributed by atoms with Crippen molar-refractivity contribution in [2.75, 3.05) is 39.8 Å². The second-order valence-corrected chi connectivity index (χ2v) is 5.15. The van der Waals surface area contributed by atoms with Gasteiger partial charge in [-0.15, -0.1) is 0 Å². The van der Waals surface area contributed by atoms with Crippen molar-refractivity contribution in [1.29, 1.82) is 0 Å². The predicted molar refractivity (Wildman–Crippen MR) is 77.2 cm³/mol. The second-order valence-electron chi connectivity index (χ2n) is 5.15. The van der Waals surface area contributed by atoms with Crippen molar-refractivity contribution in [1.82, 2.24) is 9.80 Å². The van der Waals surface area contributed by atoms with Crippen LogP contribution < -0.4 is 5.73 Å². The first-order valence-electron chi connectivity index (χ1n) is 7.44. The van der Waals surface area contributed by atoms with Gasteiger partial charge in [-0.1, -0.05) is 0 Å². The number of rotatable bonds is 8. The van der Waals surface area contributed by atoms with Gasteiger partial charge < -0.3 is 15.4 Å². The molecular weight excluding hydrogens is 258 g/mol. The normalized spacial score (nSPS) is 19.1. The van der Waals surface area contributed by atoms with Crippen LogP contribution in [0.1, 0.15) is 32.6 Å². The summed E-state index contributed by atoms with van der Waals surface area (Å²) in [5, 5.41) is 0. The molecule has 2 N–H and O–H groups in total. The fourth-order valence-electron chi connectivity index (χ4n) is 2.48. The molecule has 1 aliphatic heterocycles. The zero-order valence-electron chi connectivity index (χ0n) is 12.6. The molecule has 0 saturated carbocycles. The molecular formula is C14H27N3O3. The third-order valence-electron chi connectivity index (χ3n) is 3.66. The maximum atomic E-state index is 12.0. The molecule has 1 atom stereocenters. The summed E-state index contributed by atoms with van der Waals surface area (Å²) in [7, 11) is 1.80. The molecule has 0 spiro atoms. The van der Waals surface area contributed by atoms with Crippen LogP contribution in [0.5, 0.6) is 0 Å². The van der Waals surface area contributed by atoms with Crippen LogP contribution in [0.15, 0.2) is 0 Å². The van der Waals surface area contributed by atoms with E-state index in [2.05, 4.69) is 4.90 Å². The van der Waals surface area contributed by atoms with E-state index >= 15 is 0 Å². The fraction of sp³-hybridized carbons (Fsp3) is 0.857. The van der Waals surface area contributed by atoms with Crippen LogP contribution in [0.2, 0.25) is 0 Å². The minimum atomic E-state index is -0.169. The Balaban J connectivity index is 2.36. The zero-order chi connectivity index (χ0) is 15.0. The standard InChI is InChI=1S/C14H27N3O3/c1-3-20-14(19)12-6-4-10-17(12)11-7-13(18)16(2)9-5-8-15/h12H,3-11,15H2,1-2H3. The van der Waals surface area contributed by atoms with Gasteiger partial charge in [0.05, 0.1) is 6.61 Å². The van der Waals surface area contributed by atoms with Crippen molar-refractivity contribution >= 4 is 11.9 Å². The van der Waals surface area contributed by atoms with Gasteiger partial charge in [-0.05, 0) is 39.3 Å². The van der Waals surface area contributed by atoms with E-state index < -0.39 is 0 Å². The van der Waals surface area contributed by atoms with Crippen molar-refractivity contribution < 1.29 is 14.3 Å². The molecule has 0 aromatic heterocycles. The van der Waals surface area contributed by atoms with Gasteiger partial charge in [-0.25, -0.2) is 0 Å². The Labute approximate surface area is 121 Å². The van der Waals surface area contributed by atoms with E-state index in [0.717, 1.165) is 25.8 Å². The highest BCUT2D eigenvalue weighted by Crippen LogP contribution is 2.18. The minimum Gasteiger partial charge on any atom is -0.465 e. The lowest BCUT2D eigenvalue weighted by atomic mass is 10.2. The summed E-state index contributed by atoms with van der Waals surface area (Å²) in [6.07, 6.45) is 3.07. The lowest BCUT2D eigenvalue weighted by Crippen LogP contribution is -2.40. The molecule has 20 heavy (non-hydrogen) atoms. The van der Waals surface area contributed by atoms with Gasteiger partial charge in [0.25, 0.3) is 0 Å². The number of carbonyl (C=O) groups excluding carboxylic acids is 2. The third kappa shape index (κ3) is 5.09. The summed E-state index contributed by atoms with van der Waals surface area (Å²) in [6.45, 7) is 4.99. The molecule has 1 fully saturated rings. The Hall–Kier alpha value is -1.14. The average Bonchev–Trinajstić information content (AvgIpc) is 2.90. The van der Waals surface area contributed by atoms with Crippen molar-refractivity contribution in [3.63, 3.8) is 0 Å². The summed E-state index contributed by atoms with van der Waals surface area (Å²) in [5.74, 6) is -0.0538. The summed E-state index contributed by atoms with van der Waals surface area (Å²) in [4.78, 5) is 27.5. The minimum absolute atomic E-state index is 0.105. The highest BCUT2D eigenvalue weighted by molar-refractivity contribution is 5.77. The predicted octanol–water partition coefficient (Wildman–Crippen LogP) is 0.211. The number of hydrogen-bond acceptors (Lipinski definition) is 5. The lowest BCUT2D eigenvalue weighted by Gasteiger charge is -2.24. The van der Waals surface area contributed by atoms with E-state index in [1.165, 1.54) is 0 Å². The number of amides is 1. The van der Waals surface area contributed by atoms with Gasteiger partial charge in [0.15, 0.2) is 0 Å². The molecule has 1 heterocycles. The summed E-state index contributed by atoms with van der Waals surface area (Å²) in [5.41, 5.74) is 5.43. The second kappa shape index (κ2) is 8.92. The molecule has 1 amide bonds. The number of nitrogens with two attached hydrogens (primary N) is 1. The smallest absolute Gasteiger partial charge is 0.323 e. The third-order valence-corrected chi connectivity index (χ3v) is 3.66. The van der Waals surface area contributed by atoms with Gasteiger partial charge in [-0.2, -0.15) is 0 Å². The van der Waals surface area contributed by atoms with Crippen LogP contribution >= 0.6 is 0 Å². The maximum absolute atomic E-state index is 12.0. The quantitative estimate of drug-likeness (QED) is 0.645. The number of carbonyl (C=O) groups is 2. The van der Waals surface area contributed by atoms with Crippen molar-refractivity contribution in [2.24, 2.45) is 5.73 Å². The molecule has 1 aliphatic rings. The molecule has 6 nitrogen and oxygen atoms in total. The molecule has 1 rings (SSSR count). The van der Waals surface area contributed by atoms with E-state index in [1.54, 1.807) is 11.9 Å². The first-order valence-corrected chi connectivity index (χ1v) is 7.44.